The van der Waals surface area contributed by atoms with E-state index in [1.165, 1.54) is 14.2 Å². The van der Waals surface area contributed by atoms with Gasteiger partial charge in [-0.3, -0.25) is 9.59 Å². The first-order valence-corrected chi connectivity index (χ1v) is 7.91. The smallest absolute Gasteiger partial charge is 0.328 e. The van der Waals surface area contributed by atoms with Gasteiger partial charge in [-0.1, -0.05) is 43.3 Å². The average molecular weight is 343 g/mol. The minimum Gasteiger partial charge on any atom is -0.469 e. The Hall–Kier alpha value is -2.89. The summed E-state index contributed by atoms with van der Waals surface area (Å²) in [5.74, 6) is -1.94. The Labute approximate surface area is 146 Å². The Morgan fingerprint density at radius 2 is 1.68 bits per heavy atom. The number of carbonyl (C=O) groups excluding carboxylic acids is 3. The van der Waals surface area contributed by atoms with E-state index in [-0.39, 0.29) is 6.42 Å². The molecule has 0 aromatic heterocycles. The predicted molar refractivity (Wildman–Crippen MR) is 93.0 cm³/mol. The molecule has 1 N–H and O–H groups in total. The molecule has 6 nitrogen and oxygen atoms in total. The topological polar surface area (TPSA) is 81.7 Å². The number of esters is 2. The molecule has 0 aliphatic carbocycles. The molecule has 0 fully saturated rings. The van der Waals surface area contributed by atoms with Gasteiger partial charge >= 0.3 is 11.9 Å². The molecule has 0 aliphatic rings. The Morgan fingerprint density at radius 1 is 1.00 bits per heavy atom. The van der Waals surface area contributed by atoms with E-state index in [1.807, 2.05) is 30.3 Å². The highest BCUT2D eigenvalue weighted by Gasteiger charge is 2.30. The van der Waals surface area contributed by atoms with Crippen molar-refractivity contribution in [1.82, 2.24) is 5.32 Å². The summed E-state index contributed by atoms with van der Waals surface area (Å²) in [4.78, 5) is 36.3. The molecule has 0 unspecified atom stereocenters. The van der Waals surface area contributed by atoms with E-state index in [2.05, 4.69) is 10.1 Å². The zero-order valence-corrected chi connectivity index (χ0v) is 14.4. The second kappa shape index (κ2) is 8.28. The van der Waals surface area contributed by atoms with Gasteiger partial charge in [-0.2, -0.15) is 0 Å². The maximum atomic E-state index is 12.7. The molecule has 0 aliphatic heterocycles. The molecule has 0 heterocycles. The second-order valence-corrected chi connectivity index (χ2v) is 5.76. The van der Waals surface area contributed by atoms with E-state index in [9.17, 15) is 14.4 Å². The molecule has 2 aromatic rings. The van der Waals surface area contributed by atoms with E-state index in [4.69, 9.17) is 4.74 Å². The van der Waals surface area contributed by atoms with Crippen molar-refractivity contribution < 1.29 is 23.9 Å². The number of amides is 1. The standard InChI is InChI=1S/C19H21NO5/c1-12(11-16(21)24-2)17(19(23)25-3)20-18(22)15-10-6-8-13-7-4-5-9-14(13)15/h4-10,12,17H,11H2,1-3H3,(H,20,22)/t12-,17+/m1/s1. The maximum absolute atomic E-state index is 12.7. The average Bonchev–Trinajstić information content (AvgIpc) is 2.64. The number of hydrogen-bond acceptors (Lipinski definition) is 5. The number of hydrogen-bond donors (Lipinski definition) is 1. The van der Waals surface area contributed by atoms with Gasteiger partial charge in [-0.05, 0) is 22.8 Å². The molecular formula is C19H21NO5. The molecule has 0 radical (unpaired) electrons. The molecule has 2 atom stereocenters. The van der Waals surface area contributed by atoms with Gasteiger partial charge in [0.15, 0.2) is 0 Å². The van der Waals surface area contributed by atoms with Crippen LogP contribution < -0.4 is 5.32 Å². The molecule has 6 heteroatoms. The van der Waals surface area contributed by atoms with Crippen LogP contribution in [0.25, 0.3) is 10.8 Å². The molecule has 0 saturated carbocycles. The number of nitrogens with one attached hydrogen (secondary N) is 1. The summed E-state index contributed by atoms with van der Waals surface area (Å²) in [6.45, 7) is 1.68. The van der Waals surface area contributed by atoms with Crippen LogP contribution in [0.3, 0.4) is 0 Å². The highest BCUT2D eigenvalue weighted by atomic mass is 16.5. The third-order valence-electron chi connectivity index (χ3n) is 4.06. The molecule has 0 bridgehead atoms. The summed E-state index contributed by atoms with van der Waals surface area (Å²) >= 11 is 0. The Balaban J connectivity index is 2.26. The first-order valence-electron chi connectivity index (χ1n) is 7.91. The molecule has 0 spiro atoms. The zero-order valence-electron chi connectivity index (χ0n) is 14.4. The van der Waals surface area contributed by atoms with Gasteiger partial charge in [-0.25, -0.2) is 4.79 Å². The SMILES string of the molecule is COC(=O)C[C@@H](C)[C@H](NC(=O)c1cccc2ccccc12)C(=O)OC. The number of fused-ring (bicyclic) bond motifs is 1. The quantitative estimate of drug-likeness (QED) is 0.814. The molecule has 132 valence electrons. The molecular weight excluding hydrogens is 322 g/mol. The summed E-state index contributed by atoms with van der Waals surface area (Å²) in [6, 6.07) is 11.9. The molecule has 2 rings (SSSR count). The lowest BCUT2D eigenvalue weighted by molar-refractivity contribution is -0.146. The lowest BCUT2D eigenvalue weighted by atomic mass is 9.97. The lowest BCUT2D eigenvalue weighted by Crippen LogP contribution is -2.46. The van der Waals surface area contributed by atoms with E-state index >= 15 is 0 Å². The molecule has 2 aromatic carbocycles. The third kappa shape index (κ3) is 4.35. The van der Waals surface area contributed by atoms with Crippen molar-refractivity contribution in [1.29, 1.82) is 0 Å². The van der Waals surface area contributed by atoms with Gasteiger partial charge in [0.25, 0.3) is 5.91 Å². The normalized spacial score (nSPS) is 12.9. The number of methoxy groups -OCH3 is 2. The maximum Gasteiger partial charge on any atom is 0.328 e. The number of ether oxygens (including phenoxy) is 2. The van der Waals surface area contributed by atoms with Gasteiger partial charge in [0.05, 0.1) is 20.6 Å². The van der Waals surface area contributed by atoms with Gasteiger partial charge in [0, 0.05) is 5.56 Å². The minimum atomic E-state index is -0.949. The summed E-state index contributed by atoms with van der Waals surface area (Å²) in [6.07, 6.45) is -0.00785. The number of rotatable bonds is 6. The van der Waals surface area contributed by atoms with Crippen LogP contribution in [0.15, 0.2) is 42.5 Å². The zero-order chi connectivity index (χ0) is 18.4. The molecule has 25 heavy (non-hydrogen) atoms. The van der Waals surface area contributed by atoms with Crippen LogP contribution in [0.1, 0.15) is 23.7 Å². The summed E-state index contributed by atoms with van der Waals surface area (Å²) in [5.41, 5.74) is 0.456. The van der Waals surface area contributed by atoms with E-state index < -0.39 is 29.8 Å². The van der Waals surface area contributed by atoms with Crippen molar-refractivity contribution in [2.45, 2.75) is 19.4 Å². The fourth-order valence-corrected chi connectivity index (χ4v) is 2.67. The fourth-order valence-electron chi connectivity index (χ4n) is 2.67. The second-order valence-electron chi connectivity index (χ2n) is 5.76. The number of carbonyl (C=O) groups is 3. The van der Waals surface area contributed by atoms with Gasteiger partial charge in [0.1, 0.15) is 6.04 Å². The summed E-state index contributed by atoms with van der Waals surface area (Å²) in [5, 5.41) is 4.39. The van der Waals surface area contributed by atoms with Crippen LogP contribution in [-0.4, -0.2) is 38.1 Å². The van der Waals surface area contributed by atoms with Crippen molar-refractivity contribution in [3.63, 3.8) is 0 Å². The Bertz CT molecular complexity index is 781. The molecule has 1 amide bonds. The monoisotopic (exact) mass is 343 g/mol. The third-order valence-corrected chi connectivity index (χ3v) is 4.06. The lowest BCUT2D eigenvalue weighted by Gasteiger charge is -2.22. The minimum absolute atomic E-state index is 0.00785. The van der Waals surface area contributed by atoms with E-state index in [0.717, 1.165) is 10.8 Å². The Kier molecular flexibility index (Phi) is 6.11. The van der Waals surface area contributed by atoms with Crippen molar-refractivity contribution in [3.8, 4) is 0 Å². The van der Waals surface area contributed by atoms with Crippen LogP contribution in [0, 0.1) is 5.92 Å². The van der Waals surface area contributed by atoms with Crippen molar-refractivity contribution in [2.24, 2.45) is 5.92 Å². The van der Waals surface area contributed by atoms with Crippen molar-refractivity contribution in [2.75, 3.05) is 14.2 Å². The highest BCUT2D eigenvalue weighted by molar-refractivity contribution is 6.08. The van der Waals surface area contributed by atoms with Crippen molar-refractivity contribution in [3.05, 3.63) is 48.0 Å². The van der Waals surface area contributed by atoms with Gasteiger partial charge < -0.3 is 14.8 Å². The highest BCUT2D eigenvalue weighted by Crippen LogP contribution is 2.19. The molecule has 0 saturated heterocycles. The summed E-state index contributed by atoms with van der Waals surface area (Å²) in [7, 11) is 2.52. The first kappa shape index (κ1) is 18.4. The summed E-state index contributed by atoms with van der Waals surface area (Å²) < 4.78 is 9.40. The van der Waals surface area contributed by atoms with Gasteiger partial charge in [-0.15, -0.1) is 0 Å². The first-order chi connectivity index (χ1) is 12.0. The van der Waals surface area contributed by atoms with Crippen LogP contribution >= 0.6 is 0 Å². The number of benzene rings is 2. The van der Waals surface area contributed by atoms with Crippen molar-refractivity contribution >= 4 is 28.6 Å². The van der Waals surface area contributed by atoms with Crippen LogP contribution in [0.5, 0.6) is 0 Å². The Morgan fingerprint density at radius 3 is 2.36 bits per heavy atom. The van der Waals surface area contributed by atoms with E-state index in [1.54, 1.807) is 19.1 Å². The van der Waals surface area contributed by atoms with E-state index in [0.29, 0.717) is 5.56 Å². The largest absolute Gasteiger partial charge is 0.469 e. The van der Waals surface area contributed by atoms with Crippen LogP contribution in [0.4, 0.5) is 0 Å². The fraction of sp³-hybridized carbons (Fsp3) is 0.316. The van der Waals surface area contributed by atoms with Gasteiger partial charge in [0.2, 0.25) is 0 Å². The van der Waals surface area contributed by atoms with Crippen LogP contribution in [0.2, 0.25) is 0 Å². The van der Waals surface area contributed by atoms with Crippen LogP contribution in [-0.2, 0) is 19.1 Å². The predicted octanol–water partition coefficient (Wildman–Crippen LogP) is 2.31.